The van der Waals surface area contributed by atoms with Crippen molar-refractivity contribution >= 4 is 40.8 Å². The van der Waals surface area contributed by atoms with Crippen molar-refractivity contribution in [1.29, 1.82) is 0 Å². The van der Waals surface area contributed by atoms with Crippen molar-refractivity contribution in [2.45, 2.75) is 28.4 Å². The van der Waals surface area contributed by atoms with Crippen LogP contribution in [-0.2, 0) is 12.4 Å². The standard InChI is InChI=1S/C32H30F6N4O2S2/c33-31(34,35)21-5-11-27(45-15-13-39)25(17-21)29(43)41-23-7-1-19(2-8-23)20-3-9-24(10-4-20)42-30(44)26-18-22(32(36,37)38)6-12-28(26)46-16-14-40/h1-12,17-18,29,41,43H,13-16,39-40H2,(H,42,44). The Kier molecular flexibility index (Phi) is 11.7. The first kappa shape index (κ1) is 35.2. The van der Waals surface area contributed by atoms with Gasteiger partial charge in [0.2, 0.25) is 0 Å². The molecule has 0 aliphatic rings. The van der Waals surface area contributed by atoms with Crippen molar-refractivity contribution < 1.29 is 36.2 Å². The number of carbonyl (C=O) groups is 1. The fourth-order valence-corrected chi connectivity index (χ4v) is 6.00. The third-order valence-electron chi connectivity index (χ3n) is 6.60. The zero-order valence-electron chi connectivity index (χ0n) is 24.1. The van der Waals surface area contributed by atoms with Gasteiger partial charge in [-0.25, -0.2) is 0 Å². The number of hydrogen-bond acceptors (Lipinski definition) is 7. The van der Waals surface area contributed by atoms with Gasteiger partial charge in [-0.05, 0) is 71.8 Å². The molecule has 0 aromatic heterocycles. The van der Waals surface area contributed by atoms with Crippen LogP contribution in [0, 0.1) is 0 Å². The van der Waals surface area contributed by atoms with E-state index in [9.17, 15) is 36.2 Å². The Hall–Kier alpha value is -3.69. The average Bonchev–Trinajstić information content (AvgIpc) is 3.02. The zero-order chi connectivity index (χ0) is 33.5. The molecule has 7 N–H and O–H groups in total. The van der Waals surface area contributed by atoms with E-state index >= 15 is 0 Å². The lowest BCUT2D eigenvalue weighted by molar-refractivity contribution is -0.138. The van der Waals surface area contributed by atoms with Crippen LogP contribution < -0.4 is 22.1 Å². The molecular formula is C32H30F6N4O2S2. The second-order valence-corrected chi connectivity index (χ2v) is 12.2. The third kappa shape index (κ3) is 9.19. The lowest BCUT2D eigenvalue weighted by atomic mass is 10.0. The van der Waals surface area contributed by atoms with E-state index in [1.165, 1.54) is 35.7 Å². The van der Waals surface area contributed by atoms with Crippen molar-refractivity contribution in [3.8, 4) is 11.1 Å². The van der Waals surface area contributed by atoms with Gasteiger partial charge in [0.1, 0.15) is 0 Å². The van der Waals surface area contributed by atoms with Crippen LogP contribution in [-0.4, -0.2) is 35.6 Å². The molecule has 0 saturated carbocycles. The van der Waals surface area contributed by atoms with Gasteiger partial charge in [-0.1, -0.05) is 24.3 Å². The number of benzene rings is 4. The van der Waals surface area contributed by atoms with Crippen LogP contribution in [0.1, 0.15) is 33.3 Å². The highest BCUT2D eigenvalue weighted by atomic mass is 32.2. The van der Waals surface area contributed by atoms with E-state index in [1.807, 2.05) is 0 Å². The van der Waals surface area contributed by atoms with Crippen LogP contribution in [0.3, 0.4) is 0 Å². The second kappa shape index (κ2) is 15.3. The fourth-order valence-electron chi connectivity index (χ4n) is 4.36. The highest BCUT2D eigenvalue weighted by Crippen LogP contribution is 2.37. The Balaban J connectivity index is 1.46. The summed E-state index contributed by atoms with van der Waals surface area (Å²) in [5, 5.41) is 16.3. The first-order chi connectivity index (χ1) is 21.8. The van der Waals surface area contributed by atoms with Gasteiger partial charge in [0, 0.05) is 51.3 Å². The van der Waals surface area contributed by atoms with Crippen LogP contribution in [0.5, 0.6) is 0 Å². The van der Waals surface area contributed by atoms with Gasteiger partial charge in [-0.15, -0.1) is 23.5 Å². The molecule has 1 atom stereocenters. The van der Waals surface area contributed by atoms with Gasteiger partial charge in [-0.2, -0.15) is 26.3 Å². The molecule has 0 spiro atoms. The number of halogens is 6. The molecule has 0 radical (unpaired) electrons. The molecule has 14 heteroatoms. The summed E-state index contributed by atoms with van der Waals surface area (Å²) in [5.41, 5.74) is 11.5. The molecule has 0 heterocycles. The molecule has 244 valence electrons. The van der Waals surface area contributed by atoms with Gasteiger partial charge in [0.15, 0.2) is 6.23 Å². The number of aliphatic hydroxyl groups excluding tert-OH is 1. The molecule has 0 bridgehead atoms. The Labute approximate surface area is 269 Å². The van der Waals surface area contributed by atoms with Gasteiger partial charge >= 0.3 is 12.4 Å². The molecule has 1 amide bonds. The summed E-state index contributed by atoms with van der Waals surface area (Å²) in [6, 6.07) is 19.6. The molecule has 4 aromatic rings. The van der Waals surface area contributed by atoms with Gasteiger partial charge in [0.05, 0.1) is 16.7 Å². The van der Waals surface area contributed by atoms with E-state index in [4.69, 9.17) is 11.5 Å². The molecule has 0 aliphatic heterocycles. The summed E-state index contributed by atoms with van der Waals surface area (Å²) >= 11 is 2.43. The summed E-state index contributed by atoms with van der Waals surface area (Å²) in [5.74, 6) is 0.189. The quantitative estimate of drug-likeness (QED) is 0.0589. The maximum atomic E-state index is 13.3. The normalized spacial score (nSPS) is 12.5. The maximum Gasteiger partial charge on any atom is 0.416 e. The number of nitrogens with two attached hydrogens (primary N) is 2. The van der Waals surface area contributed by atoms with Crippen LogP contribution in [0.2, 0.25) is 0 Å². The summed E-state index contributed by atoms with van der Waals surface area (Å²) in [6.07, 6.45) is -10.6. The van der Waals surface area contributed by atoms with Crippen molar-refractivity contribution in [2.24, 2.45) is 11.5 Å². The number of thioether (sulfide) groups is 2. The predicted octanol–water partition coefficient (Wildman–Crippen LogP) is 7.85. The minimum absolute atomic E-state index is 0.0743. The van der Waals surface area contributed by atoms with Gasteiger partial charge in [0.25, 0.3) is 5.91 Å². The second-order valence-electron chi connectivity index (χ2n) is 9.89. The summed E-state index contributed by atoms with van der Waals surface area (Å²) < 4.78 is 79.9. The first-order valence-corrected chi connectivity index (χ1v) is 15.8. The lowest BCUT2D eigenvalue weighted by Crippen LogP contribution is -2.15. The van der Waals surface area contributed by atoms with Crippen molar-refractivity contribution in [3.63, 3.8) is 0 Å². The average molecular weight is 681 g/mol. The van der Waals surface area contributed by atoms with Crippen molar-refractivity contribution in [1.82, 2.24) is 0 Å². The molecule has 1 unspecified atom stereocenters. The highest BCUT2D eigenvalue weighted by Gasteiger charge is 2.33. The van der Waals surface area contributed by atoms with Crippen LogP contribution in [0.4, 0.5) is 37.7 Å². The monoisotopic (exact) mass is 680 g/mol. The number of hydrogen-bond donors (Lipinski definition) is 5. The Morgan fingerprint density at radius 2 is 1.17 bits per heavy atom. The molecule has 6 nitrogen and oxygen atoms in total. The summed E-state index contributed by atoms with van der Waals surface area (Å²) in [6.45, 7) is 0.603. The predicted molar refractivity (Wildman–Crippen MR) is 171 cm³/mol. The molecule has 46 heavy (non-hydrogen) atoms. The topological polar surface area (TPSA) is 113 Å². The third-order valence-corrected chi connectivity index (χ3v) is 8.83. The number of alkyl halides is 6. The lowest BCUT2D eigenvalue weighted by Gasteiger charge is -2.20. The van der Waals surface area contributed by atoms with Gasteiger partial charge in [-0.3, -0.25) is 4.79 Å². The van der Waals surface area contributed by atoms with E-state index in [2.05, 4.69) is 10.6 Å². The summed E-state index contributed by atoms with van der Waals surface area (Å²) in [4.78, 5) is 13.8. The zero-order valence-corrected chi connectivity index (χ0v) is 25.7. The molecule has 4 aromatic carbocycles. The van der Waals surface area contributed by atoms with E-state index in [-0.39, 0.29) is 17.7 Å². The fraction of sp³-hybridized carbons (Fsp3) is 0.219. The Bertz CT molecular complexity index is 1630. The number of nitrogens with one attached hydrogen (secondary N) is 2. The van der Waals surface area contributed by atoms with E-state index in [0.29, 0.717) is 39.2 Å². The molecular weight excluding hydrogens is 650 g/mol. The summed E-state index contributed by atoms with van der Waals surface area (Å²) in [7, 11) is 0. The van der Waals surface area contributed by atoms with Crippen molar-refractivity contribution in [3.05, 3.63) is 107 Å². The highest BCUT2D eigenvalue weighted by molar-refractivity contribution is 7.99. The Morgan fingerprint density at radius 1 is 0.696 bits per heavy atom. The minimum Gasteiger partial charge on any atom is -0.369 e. The van der Waals surface area contributed by atoms with Crippen LogP contribution in [0.25, 0.3) is 11.1 Å². The largest absolute Gasteiger partial charge is 0.416 e. The molecule has 4 rings (SSSR count). The van der Waals surface area contributed by atoms with Crippen molar-refractivity contribution in [2.75, 3.05) is 35.2 Å². The number of amides is 1. The van der Waals surface area contributed by atoms with Gasteiger partial charge < -0.3 is 27.2 Å². The number of aliphatic hydroxyl groups is 1. The number of rotatable bonds is 12. The van der Waals surface area contributed by atoms with E-state index < -0.39 is 35.6 Å². The van der Waals surface area contributed by atoms with Crippen LogP contribution >= 0.6 is 23.5 Å². The molecule has 0 saturated heterocycles. The smallest absolute Gasteiger partial charge is 0.369 e. The van der Waals surface area contributed by atoms with E-state index in [1.54, 1.807) is 48.5 Å². The van der Waals surface area contributed by atoms with E-state index in [0.717, 1.165) is 35.4 Å². The number of carbonyl (C=O) groups excluding carboxylic acids is 1. The maximum absolute atomic E-state index is 13.3. The van der Waals surface area contributed by atoms with Crippen LogP contribution in [0.15, 0.2) is 94.7 Å². The Morgan fingerprint density at radius 3 is 1.70 bits per heavy atom. The molecule has 0 fully saturated rings. The molecule has 0 aliphatic carbocycles. The SMILES string of the molecule is NCCSc1ccc(C(F)(F)F)cc1C(=O)Nc1ccc(-c2ccc(NC(O)c3cc(C(F)(F)F)ccc3SCCN)cc2)cc1. The number of anilines is 2. The first-order valence-electron chi connectivity index (χ1n) is 13.8. The minimum atomic E-state index is -4.61.